The van der Waals surface area contributed by atoms with Crippen molar-refractivity contribution in [1.29, 1.82) is 0 Å². The minimum atomic E-state index is -0.419. The van der Waals surface area contributed by atoms with Crippen molar-refractivity contribution in [3.8, 4) is 0 Å². The molecule has 26 heavy (non-hydrogen) atoms. The molecule has 3 fully saturated rings. The number of likely N-dealkylation sites (tertiary alicyclic amines) is 1. The zero-order chi connectivity index (χ0) is 18.1. The molecule has 2 aliphatic carbocycles. The lowest BCUT2D eigenvalue weighted by molar-refractivity contribution is 0.173. The Morgan fingerprint density at radius 2 is 1.69 bits per heavy atom. The van der Waals surface area contributed by atoms with Crippen LogP contribution in [0, 0.1) is 5.92 Å². The maximum atomic E-state index is 12.6. The highest BCUT2D eigenvalue weighted by Gasteiger charge is 2.33. The maximum Gasteiger partial charge on any atom is 0.355 e. The normalized spacial score (nSPS) is 24.5. The Hall–Kier alpha value is -1.63. The number of anilines is 1. The third-order valence-corrected chi connectivity index (χ3v) is 6.51. The second-order valence-electron chi connectivity index (χ2n) is 8.37. The Kier molecular flexibility index (Phi) is 5.16. The molecular formula is C19H31N5O2. The summed E-state index contributed by atoms with van der Waals surface area (Å²) in [5.74, 6) is 0.910. The monoisotopic (exact) mass is 361 g/mol. The smallest absolute Gasteiger partial charge is 0.353 e. The first-order chi connectivity index (χ1) is 12.6. The summed E-state index contributed by atoms with van der Waals surface area (Å²) in [4.78, 5) is 34.5. The third kappa shape index (κ3) is 3.87. The lowest BCUT2D eigenvalue weighted by atomic mass is 9.85. The van der Waals surface area contributed by atoms with Gasteiger partial charge in [0.25, 0.3) is 0 Å². The van der Waals surface area contributed by atoms with Gasteiger partial charge in [0.1, 0.15) is 0 Å². The van der Waals surface area contributed by atoms with Gasteiger partial charge in [0.2, 0.25) is 5.95 Å². The van der Waals surface area contributed by atoms with E-state index in [4.69, 9.17) is 0 Å². The van der Waals surface area contributed by atoms with E-state index in [1.54, 1.807) is 0 Å². The average molecular weight is 361 g/mol. The summed E-state index contributed by atoms with van der Waals surface area (Å²) < 4.78 is 1.33. The van der Waals surface area contributed by atoms with Crippen LogP contribution in [0.1, 0.15) is 70.8 Å². The number of nitrogens with one attached hydrogen (secondary N) is 2. The lowest BCUT2D eigenvalue weighted by Crippen LogP contribution is -2.45. The second kappa shape index (κ2) is 7.55. The van der Waals surface area contributed by atoms with E-state index in [1.165, 1.54) is 49.5 Å². The number of hydrogen-bond acceptors (Lipinski definition) is 5. The van der Waals surface area contributed by atoms with E-state index >= 15 is 0 Å². The molecular weight excluding hydrogens is 330 g/mol. The summed E-state index contributed by atoms with van der Waals surface area (Å²) in [7, 11) is 0. The minimum absolute atomic E-state index is 0.0291. The Morgan fingerprint density at radius 1 is 1.00 bits per heavy atom. The van der Waals surface area contributed by atoms with Crippen molar-refractivity contribution in [2.45, 2.75) is 82.8 Å². The van der Waals surface area contributed by atoms with E-state index in [9.17, 15) is 9.59 Å². The molecule has 1 saturated heterocycles. The number of rotatable bonds is 5. The van der Waals surface area contributed by atoms with Crippen LogP contribution >= 0.6 is 0 Å². The molecule has 2 saturated carbocycles. The highest BCUT2D eigenvalue weighted by atomic mass is 16.2. The molecule has 3 aliphatic rings. The summed E-state index contributed by atoms with van der Waals surface area (Å²) >= 11 is 0. The molecule has 0 unspecified atom stereocenters. The molecule has 7 nitrogen and oxygen atoms in total. The standard InChI is InChI=1S/C19H31N5O2/c1-13(14-5-3-2-4-6-14)20-17-21-18(25)24(19(26)22-17)16-9-11-23(12-10-16)15-7-8-15/h13-16H,2-12H2,1H3,(H2,20,21,22,25,26)/t13-/m0/s1. The summed E-state index contributed by atoms with van der Waals surface area (Å²) in [5, 5.41) is 3.27. The molecule has 1 aromatic heterocycles. The largest absolute Gasteiger partial charge is 0.355 e. The number of aromatic amines is 1. The van der Waals surface area contributed by atoms with Crippen LogP contribution in [0.3, 0.4) is 0 Å². The Balaban J connectivity index is 1.43. The van der Waals surface area contributed by atoms with E-state index in [1.807, 2.05) is 0 Å². The number of H-pyrrole nitrogens is 1. The van der Waals surface area contributed by atoms with Gasteiger partial charge in [0.15, 0.2) is 0 Å². The SMILES string of the molecule is C[C@H](Nc1nc(=O)n(C2CCN(C3CC3)CC2)c(=O)[nH]1)C1CCCCC1. The van der Waals surface area contributed by atoms with Crippen molar-refractivity contribution >= 4 is 5.95 Å². The first kappa shape index (κ1) is 17.8. The Labute approximate surface area is 154 Å². The van der Waals surface area contributed by atoms with Crippen LogP contribution in [0.15, 0.2) is 9.59 Å². The van der Waals surface area contributed by atoms with Crippen LogP contribution in [0.2, 0.25) is 0 Å². The van der Waals surface area contributed by atoms with Gasteiger partial charge in [-0.15, -0.1) is 0 Å². The van der Waals surface area contributed by atoms with Crippen molar-refractivity contribution in [2.75, 3.05) is 18.4 Å². The molecule has 4 rings (SSSR count). The van der Waals surface area contributed by atoms with Gasteiger partial charge < -0.3 is 10.2 Å². The Bertz CT molecular complexity index is 693. The highest BCUT2D eigenvalue weighted by Crippen LogP contribution is 2.31. The van der Waals surface area contributed by atoms with E-state index in [0.29, 0.717) is 11.9 Å². The van der Waals surface area contributed by atoms with Gasteiger partial charge >= 0.3 is 11.4 Å². The van der Waals surface area contributed by atoms with Gasteiger partial charge in [-0.3, -0.25) is 4.98 Å². The van der Waals surface area contributed by atoms with Crippen molar-refractivity contribution < 1.29 is 0 Å². The average Bonchev–Trinajstić information content (AvgIpc) is 3.48. The van der Waals surface area contributed by atoms with Gasteiger partial charge in [-0.25, -0.2) is 14.2 Å². The van der Waals surface area contributed by atoms with E-state index in [-0.39, 0.29) is 17.8 Å². The fraction of sp³-hybridized carbons (Fsp3) is 0.842. The summed E-state index contributed by atoms with van der Waals surface area (Å²) in [6.07, 6.45) is 10.6. The molecule has 0 aromatic carbocycles. The number of hydrogen-bond donors (Lipinski definition) is 2. The molecule has 0 radical (unpaired) electrons. The van der Waals surface area contributed by atoms with Crippen LogP contribution in [0.25, 0.3) is 0 Å². The molecule has 1 aromatic rings. The van der Waals surface area contributed by atoms with Crippen LogP contribution in [0.4, 0.5) is 5.95 Å². The first-order valence-corrected chi connectivity index (χ1v) is 10.4. The molecule has 7 heteroatoms. The fourth-order valence-corrected chi connectivity index (χ4v) is 4.73. The van der Waals surface area contributed by atoms with Crippen LogP contribution in [0.5, 0.6) is 0 Å². The highest BCUT2D eigenvalue weighted by molar-refractivity contribution is 5.23. The lowest BCUT2D eigenvalue weighted by Gasteiger charge is -2.32. The van der Waals surface area contributed by atoms with Gasteiger partial charge in [-0.1, -0.05) is 19.3 Å². The van der Waals surface area contributed by atoms with Crippen molar-refractivity contribution in [3.05, 3.63) is 21.0 Å². The summed E-state index contributed by atoms with van der Waals surface area (Å²) in [6, 6.07) is 0.936. The molecule has 2 heterocycles. The van der Waals surface area contributed by atoms with Gasteiger partial charge in [-0.05, 0) is 51.4 Å². The molecule has 2 N–H and O–H groups in total. The zero-order valence-electron chi connectivity index (χ0n) is 15.7. The van der Waals surface area contributed by atoms with E-state index in [2.05, 4.69) is 27.1 Å². The first-order valence-electron chi connectivity index (χ1n) is 10.4. The summed E-state index contributed by atoms with van der Waals surface area (Å²) in [5.41, 5.74) is -0.745. The van der Waals surface area contributed by atoms with Gasteiger partial charge in [-0.2, -0.15) is 4.98 Å². The third-order valence-electron chi connectivity index (χ3n) is 6.51. The molecule has 1 atom stereocenters. The van der Waals surface area contributed by atoms with Crippen LogP contribution in [-0.4, -0.2) is 44.6 Å². The fourth-order valence-electron chi connectivity index (χ4n) is 4.73. The maximum absolute atomic E-state index is 12.6. The molecule has 0 bridgehead atoms. The van der Waals surface area contributed by atoms with Gasteiger partial charge in [0, 0.05) is 31.2 Å². The van der Waals surface area contributed by atoms with Crippen LogP contribution in [-0.2, 0) is 0 Å². The molecule has 1 aliphatic heterocycles. The molecule has 0 spiro atoms. The quantitative estimate of drug-likeness (QED) is 0.839. The minimum Gasteiger partial charge on any atom is -0.353 e. The second-order valence-corrected chi connectivity index (χ2v) is 8.37. The number of aromatic nitrogens is 3. The summed E-state index contributed by atoms with van der Waals surface area (Å²) in [6.45, 7) is 4.06. The number of nitrogens with zero attached hydrogens (tertiary/aromatic N) is 3. The Morgan fingerprint density at radius 3 is 2.31 bits per heavy atom. The van der Waals surface area contributed by atoms with Crippen molar-refractivity contribution in [3.63, 3.8) is 0 Å². The number of piperidine rings is 1. The van der Waals surface area contributed by atoms with E-state index in [0.717, 1.165) is 32.0 Å². The van der Waals surface area contributed by atoms with Crippen LogP contribution < -0.4 is 16.7 Å². The molecule has 0 amide bonds. The van der Waals surface area contributed by atoms with Crippen molar-refractivity contribution in [2.24, 2.45) is 5.92 Å². The molecule has 144 valence electrons. The predicted octanol–water partition coefficient (Wildman–Crippen LogP) is 2.11. The zero-order valence-corrected chi connectivity index (χ0v) is 15.7. The van der Waals surface area contributed by atoms with E-state index < -0.39 is 5.69 Å². The van der Waals surface area contributed by atoms with Crippen molar-refractivity contribution in [1.82, 2.24) is 19.4 Å². The topological polar surface area (TPSA) is 83.0 Å². The van der Waals surface area contributed by atoms with Gasteiger partial charge in [0.05, 0.1) is 0 Å². The predicted molar refractivity (Wildman–Crippen MR) is 102 cm³/mol.